The smallest absolute Gasteiger partial charge is 0.228 e. The number of benzene rings is 1. The number of amides is 1. The molecule has 134 valence electrons. The fourth-order valence-corrected chi connectivity index (χ4v) is 4.58. The number of hydrogen-bond donors (Lipinski definition) is 1. The molecule has 1 amide bonds. The van der Waals surface area contributed by atoms with Crippen LogP contribution >= 0.6 is 0 Å². The predicted molar refractivity (Wildman–Crippen MR) is 94.3 cm³/mol. The molecule has 4 rings (SSSR count). The number of aromatic nitrogens is 2. The van der Waals surface area contributed by atoms with Gasteiger partial charge in [0, 0.05) is 26.2 Å². The maximum absolute atomic E-state index is 13.0. The van der Waals surface area contributed by atoms with E-state index >= 15 is 0 Å². The molecule has 0 radical (unpaired) electrons. The summed E-state index contributed by atoms with van der Waals surface area (Å²) in [6.45, 7) is 0.750. The van der Waals surface area contributed by atoms with Crippen molar-refractivity contribution in [1.29, 1.82) is 0 Å². The van der Waals surface area contributed by atoms with Crippen LogP contribution in [0.4, 0.5) is 0 Å². The molecular weight excluding hydrogens is 318 g/mol. The van der Waals surface area contributed by atoms with Crippen LogP contribution in [-0.4, -0.2) is 59.5 Å². The largest absolute Gasteiger partial charge is 0.381 e. The number of nitrogens with one attached hydrogen (secondary N) is 1. The first kappa shape index (κ1) is 16.5. The number of methoxy groups -OCH3 is 2. The minimum absolute atomic E-state index is 0.0953. The number of rotatable bonds is 4. The lowest BCUT2D eigenvalue weighted by molar-refractivity contribution is -0.140. The van der Waals surface area contributed by atoms with Gasteiger partial charge < -0.3 is 14.4 Å². The second-order valence-electron chi connectivity index (χ2n) is 7.15. The maximum atomic E-state index is 13.0. The van der Waals surface area contributed by atoms with Crippen molar-refractivity contribution >= 4 is 16.8 Å². The van der Waals surface area contributed by atoms with Crippen molar-refractivity contribution in [1.82, 2.24) is 15.1 Å². The SMILES string of the molecule is CO[C@H]1CC[C@@]2(OC)CCN(C(=O)Cc3[nH]nc4ccccc34)[C@H]2C1. The number of hydrogen-bond acceptors (Lipinski definition) is 4. The lowest BCUT2D eigenvalue weighted by atomic mass is 9.79. The third-order valence-electron chi connectivity index (χ3n) is 6.06. The summed E-state index contributed by atoms with van der Waals surface area (Å²) in [4.78, 5) is 15.1. The van der Waals surface area contributed by atoms with E-state index in [1.165, 1.54) is 0 Å². The van der Waals surface area contributed by atoms with Gasteiger partial charge in [0.05, 0.1) is 35.4 Å². The van der Waals surface area contributed by atoms with Crippen LogP contribution in [0.25, 0.3) is 10.9 Å². The van der Waals surface area contributed by atoms with Crippen molar-refractivity contribution in [2.75, 3.05) is 20.8 Å². The fourth-order valence-electron chi connectivity index (χ4n) is 4.58. The Morgan fingerprint density at radius 1 is 1.36 bits per heavy atom. The molecule has 6 nitrogen and oxygen atoms in total. The van der Waals surface area contributed by atoms with Crippen molar-refractivity contribution in [3.63, 3.8) is 0 Å². The zero-order valence-corrected chi connectivity index (χ0v) is 14.8. The fraction of sp³-hybridized carbons (Fsp3) is 0.579. The van der Waals surface area contributed by atoms with E-state index in [-0.39, 0.29) is 23.7 Å². The number of ether oxygens (including phenoxy) is 2. The molecule has 1 aromatic carbocycles. The second-order valence-corrected chi connectivity index (χ2v) is 7.15. The lowest BCUT2D eigenvalue weighted by Crippen LogP contribution is -2.53. The Hall–Kier alpha value is -1.92. The zero-order valence-electron chi connectivity index (χ0n) is 14.8. The Kier molecular flexibility index (Phi) is 4.25. The summed E-state index contributed by atoms with van der Waals surface area (Å²) in [6.07, 6.45) is 4.24. The maximum Gasteiger partial charge on any atom is 0.228 e. The third kappa shape index (κ3) is 2.73. The Morgan fingerprint density at radius 3 is 3.00 bits per heavy atom. The number of nitrogens with zero attached hydrogens (tertiary/aromatic N) is 2. The van der Waals surface area contributed by atoms with Crippen molar-refractivity contribution in [2.24, 2.45) is 0 Å². The van der Waals surface area contributed by atoms with Gasteiger partial charge >= 0.3 is 0 Å². The molecule has 1 saturated carbocycles. The van der Waals surface area contributed by atoms with Gasteiger partial charge in [0.1, 0.15) is 0 Å². The second kappa shape index (κ2) is 6.42. The van der Waals surface area contributed by atoms with Crippen LogP contribution in [0.1, 0.15) is 31.4 Å². The van der Waals surface area contributed by atoms with E-state index in [4.69, 9.17) is 9.47 Å². The van der Waals surface area contributed by atoms with Crippen molar-refractivity contribution in [3.05, 3.63) is 30.0 Å². The molecule has 6 heteroatoms. The Labute approximate surface area is 147 Å². The minimum atomic E-state index is -0.208. The Bertz CT molecular complexity index is 774. The van der Waals surface area contributed by atoms with Crippen LogP contribution in [0.5, 0.6) is 0 Å². The topological polar surface area (TPSA) is 67.5 Å². The standard InChI is InChI=1S/C19H25N3O3/c1-24-13-7-8-19(25-2)9-10-22(17(19)11-13)18(23)12-16-14-5-3-4-6-15(14)20-21-16/h3-6,13,17H,7-12H2,1-2H3,(H,20,21)/t13-,17-,19+/m0/s1. The summed E-state index contributed by atoms with van der Waals surface area (Å²) in [5.74, 6) is 0.134. The highest BCUT2D eigenvalue weighted by molar-refractivity contribution is 5.87. The first-order valence-electron chi connectivity index (χ1n) is 8.96. The van der Waals surface area contributed by atoms with Crippen molar-refractivity contribution in [3.8, 4) is 0 Å². The molecule has 0 bridgehead atoms. The van der Waals surface area contributed by atoms with E-state index in [2.05, 4.69) is 10.2 Å². The van der Waals surface area contributed by atoms with Gasteiger partial charge in [-0.25, -0.2) is 0 Å². The van der Waals surface area contributed by atoms with E-state index < -0.39 is 0 Å². The predicted octanol–water partition coefficient (Wildman–Crippen LogP) is 2.29. The molecule has 1 saturated heterocycles. The van der Waals surface area contributed by atoms with Gasteiger partial charge in [-0.15, -0.1) is 0 Å². The highest BCUT2D eigenvalue weighted by atomic mass is 16.5. The molecule has 3 atom stereocenters. The summed E-state index contributed by atoms with van der Waals surface area (Å²) in [5.41, 5.74) is 1.57. The quantitative estimate of drug-likeness (QED) is 0.925. The number of fused-ring (bicyclic) bond motifs is 2. The number of para-hydroxylation sites is 1. The van der Waals surface area contributed by atoms with E-state index in [1.54, 1.807) is 14.2 Å². The third-order valence-corrected chi connectivity index (χ3v) is 6.06. The molecule has 2 fully saturated rings. The van der Waals surface area contributed by atoms with Gasteiger partial charge in [-0.05, 0) is 31.7 Å². The molecule has 25 heavy (non-hydrogen) atoms. The number of aromatic amines is 1. The average molecular weight is 343 g/mol. The summed E-state index contributed by atoms with van der Waals surface area (Å²) in [6, 6.07) is 7.98. The summed E-state index contributed by atoms with van der Waals surface area (Å²) in [7, 11) is 3.53. The Balaban J connectivity index is 1.55. The van der Waals surface area contributed by atoms with Gasteiger partial charge in [-0.2, -0.15) is 5.10 Å². The van der Waals surface area contributed by atoms with E-state index in [0.29, 0.717) is 6.42 Å². The van der Waals surface area contributed by atoms with Crippen LogP contribution < -0.4 is 0 Å². The summed E-state index contributed by atoms with van der Waals surface area (Å²) in [5, 5.41) is 8.34. The van der Waals surface area contributed by atoms with Crippen LogP contribution in [0.2, 0.25) is 0 Å². The molecule has 1 aromatic heterocycles. The normalized spacial score (nSPS) is 29.1. The monoisotopic (exact) mass is 343 g/mol. The van der Waals surface area contributed by atoms with Crippen LogP contribution in [-0.2, 0) is 20.7 Å². The first-order chi connectivity index (χ1) is 12.2. The molecule has 2 heterocycles. The highest BCUT2D eigenvalue weighted by Gasteiger charge is 2.52. The molecule has 0 unspecified atom stereocenters. The number of likely N-dealkylation sites (tertiary alicyclic amines) is 1. The number of carbonyl (C=O) groups excluding carboxylic acids is 1. The van der Waals surface area contributed by atoms with E-state index in [1.807, 2.05) is 29.2 Å². The Morgan fingerprint density at radius 2 is 2.20 bits per heavy atom. The van der Waals surface area contributed by atoms with Gasteiger partial charge in [0.25, 0.3) is 0 Å². The zero-order chi connectivity index (χ0) is 17.4. The van der Waals surface area contributed by atoms with Gasteiger partial charge in [0.15, 0.2) is 0 Å². The average Bonchev–Trinajstić information content (AvgIpc) is 3.23. The molecule has 1 N–H and O–H groups in total. The highest BCUT2D eigenvalue weighted by Crippen LogP contribution is 2.43. The van der Waals surface area contributed by atoms with E-state index in [0.717, 1.165) is 48.8 Å². The van der Waals surface area contributed by atoms with Crippen molar-refractivity contribution in [2.45, 2.75) is 49.9 Å². The van der Waals surface area contributed by atoms with Gasteiger partial charge in [0.2, 0.25) is 5.91 Å². The van der Waals surface area contributed by atoms with Crippen LogP contribution in [0, 0.1) is 0 Å². The molecular formula is C19H25N3O3. The van der Waals surface area contributed by atoms with Crippen molar-refractivity contribution < 1.29 is 14.3 Å². The molecule has 1 aliphatic carbocycles. The van der Waals surface area contributed by atoms with E-state index in [9.17, 15) is 4.79 Å². The number of carbonyl (C=O) groups is 1. The number of H-pyrrole nitrogens is 1. The molecule has 2 aliphatic rings. The van der Waals surface area contributed by atoms with Crippen LogP contribution in [0.3, 0.4) is 0 Å². The van der Waals surface area contributed by atoms with Gasteiger partial charge in [-0.1, -0.05) is 18.2 Å². The minimum Gasteiger partial charge on any atom is -0.381 e. The summed E-state index contributed by atoms with van der Waals surface area (Å²) >= 11 is 0. The van der Waals surface area contributed by atoms with Gasteiger partial charge in [-0.3, -0.25) is 9.89 Å². The summed E-state index contributed by atoms with van der Waals surface area (Å²) < 4.78 is 11.5. The van der Waals surface area contributed by atoms with Crippen LogP contribution in [0.15, 0.2) is 24.3 Å². The molecule has 0 spiro atoms. The molecule has 1 aliphatic heterocycles. The first-order valence-corrected chi connectivity index (χ1v) is 8.96. The lowest BCUT2D eigenvalue weighted by Gasteiger charge is -2.43. The molecule has 2 aromatic rings.